The van der Waals surface area contributed by atoms with Crippen molar-refractivity contribution in [2.45, 2.75) is 12.2 Å². The van der Waals surface area contributed by atoms with E-state index in [1.807, 2.05) is 0 Å². The van der Waals surface area contributed by atoms with Crippen LogP contribution in [0.5, 0.6) is 0 Å². The standard InChI is InChI=1S/C11H10F3N5O2/c12-11(13,14)6-1-2-8-9(3-6)19(21)17-10(18(8)20)16-7-4-15-5-7/h1-3,7,15H,4-5H2,(H,16,17). The van der Waals surface area contributed by atoms with Gasteiger partial charge in [-0.1, -0.05) is 0 Å². The summed E-state index contributed by atoms with van der Waals surface area (Å²) in [4.78, 5) is 0.0212. The summed E-state index contributed by atoms with van der Waals surface area (Å²) < 4.78 is 38.2. The van der Waals surface area contributed by atoms with E-state index in [-0.39, 0.29) is 22.4 Å². The van der Waals surface area contributed by atoms with Crippen LogP contribution in [0, 0.1) is 10.4 Å². The minimum absolute atomic E-state index is 0.0212. The second-order valence-electron chi connectivity index (χ2n) is 4.69. The quantitative estimate of drug-likeness (QED) is 0.597. The van der Waals surface area contributed by atoms with E-state index in [0.29, 0.717) is 23.9 Å². The summed E-state index contributed by atoms with van der Waals surface area (Å²) in [7, 11) is 0. The van der Waals surface area contributed by atoms with Gasteiger partial charge in [0.2, 0.25) is 5.10 Å². The molecular weight excluding hydrogens is 291 g/mol. The molecular formula is C11H10F3N5O2. The summed E-state index contributed by atoms with van der Waals surface area (Å²) >= 11 is 0. The van der Waals surface area contributed by atoms with E-state index in [0.717, 1.165) is 12.1 Å². The highest BCUT2D eigenvalue weighted by Gasteiger charge is 2.33. The zero-order valence-corrected chi connectivity index (χ0v) is 10.5. The molecule has 2 aromatic rings. The van der Waals surface area contributed by atoms with Crippen LogP contribution >= 0.6 is 0 Å². The second-order valence-corrected chi connectivity index (χ2v) is 4.69. The van der Waals surface area contributed by atoms with Gasteiger partial charge in [0, 0.05) is 24.0 Å². The number of aromatic nitrogens is 3. The highest BCUT2D eigenvalue weighted by molar-refractivity contribution is 5.69. The number of alkyl halides is 3. The first-order chi connectivity index (χ1) is 9.86. The molecule has 1 aromatic heterocycles. The van der Waals surface area contributed by atoms with Gasteiger partial charge >= 0.3 is 12.1 Å². The summed E-state index contributed by atoms with van der Waals surface area (Å²) in [6.07, 6.45) is -4.59. The fourth-order valence-electron chi connectivity index (χ4n) is 1.98. The van der Waals surface area contributed by atoms with Gasteiger partial charge in [0.1, 0.15) is 0 Å². The lowest BCUT2D eigenvalue weighted by atomic mass is 10.2. The minimum atomic E-state index is -4.59. The molecule has 1 aliphatic rings. The van der Waals surface area contributed by atoms with Crippen LogP contribution in [0.3, 0.4) is 0 Å². The number of benzene rings is 1. The Kier molecular flexibility index (Phi) is 2.97. The molecule has 0 bridgehead atoms. The summed E-state index contributed by atoms with van der Waals surface area (Å²) in [5.74, 6) is -0.233. The Bertz CT molecular complexity index is 702. The number of anilines is 1. The Hall–Kier alpha value is -2.36. The average Bonchev–Trinajstić information content (AvgIpc) is 2.37. The van der Waals surface area contributed by atoms with Crippen molar-refractivity contribution in [2.75, 3.05) is 18.4 Å². The summed E-state index contributed by atoms with van der Waals surface area (Å²) in [5, 5.41) is 33.0. The molecule has 7 nitrogen and oxygen atoms in total. The molecule has 0 spiro atoms. The van der Waals surface area contributed by atoms with Gasteiger partial charge in [0.25, 0.3) is 5.52 Å². The number of nitrogens with one attached hydrogen (secondary N) is 2. The van der Waals surface area contributed by atoms with Crippen LogP contribution in [0.1, 0.15) is 5.56 Å². The number of halogens is 3. The van der Waals surface area contributed by atoms with Gasteiger partial charge in [-0.3, -0.25) is 5.32 Å². The zero-order valence-electron chi connectivity index (χ0n) is 10.5. The van der Waals surface area contributed by atoms with Crippen molar-refractivity contribution in [1.82, 2.24) is 10.4 Å². The maximum atomic E-state index is 12.6. The molecule has 21 heavy (non-hydrogen) atoms. The lowest BCUT2D eigenvalue weighted by molar-refractivity contribution is -0.672. The Morgan fingerprint density at radius 2 is 1.95 bits per heavy atom. The molecule has 1 aromatic carbocycles. The number of nitrogens with zero attached hydrogens (tertiary/aromatic N) is 3. The Morgan fingerprint density at radius 3 is 2.52 bits per heavy atom. The van der Waals surface area contributed by atoms with Crippen LogP contribution in [-0.2, 0) is 6.18 Å². The Morgan fingerprint density at radius 1 is 1.24 bits per heavy atom. The first-order valence-electron chi connectivity index (χ1n) is 6.08. The van der Waals surface area contributed by atoms with Crippen LogP contribution in [0.15, 0.2) is 18.2 Å². The van der Waals surface area contributed by atoms with E-state index in [1.54, 1.807) is 0 Å². The molecule has 0 atom stereocenters. The van der Waals surface area contributed by atoms with E-state index in [1.165, 1.54) is 0 Å². The molecule has 10 heteroatoms. The normalized spacial score (nSPS) is 16.0. The number of fused-ring (bicyclic) bond motifs is 1. The van der Waals surface area contributed by atoms with Gasteiger partial charge in [-0.05, 0) is 12.1 Å². The van der Waals surface area contributed by atoms with Crippen LogP contribution in [0.25, 0.3) is 11.0 Å². The van der Waals surface area contributed by atoms with Crippen molar-refractivity contribution in [3.63, 3.8) is 0 Å². The van der Waals surface area contributed by atoms with Gasteiger partial charge in [0.15, 0.2) is 5.52 Å². The maximum absolute atomic E-state index is 12.6. The van der Waals surface area contributed by atoms with Crippen LogP contribution in [0.4, 0.5) is 19.1 Å². The average molecular weight is 301 g/mol. The molecule has 0 aliphatic carbocycles. The first kappa shape index (κ1) is 13.6. The van der Waals surface area contributed by atoms with Crippen molar-refractivity contribution in [3.05, 3.63) is 34.2 Å². The van der Waals surface area contributed by atoms with Crippen molar-refractivity contribution in [3.8, 4) is 0 Å². The van der Waals surface area contributed by atoms with E-state index >= 15 is 0 Å². The Labute approximate surface area is 116 Å². The fraction of sp³-hybridized carbons (Fsp3) is 0.364. The Balaban J connectivity index is 2.08. The monoisotopic (exact) mass is 301 g/mol. The predicted octanol–water partition coefficient (Wildman–Crippen LogP) is -0.0959. The van der Waals surface area contributed by atoms with Crippen LogP contribution in [-0.4, -0.2) is 24.2 Å². The second kappa shape index (κ2) is 4.58. The maximum Gasteiger partial charge on any atom is 0.461 e. The molecule has 112 valence electrons. The highest BCUT2D eigenvalue weighted by atomic mass is 19.4. The summed E-state index contributed by atoms with van der Waals surface area (Å²) in [6, 6.07) is 2.29. The van der Waals surface area contributed by atoms with Crippen molar-refractivity contribution in [1.29, 1.82) is 0 Å². The molecule has 2 heterocycles. The molecule has 0 radical (unpaired) electrons. The fourth-order valence-corrected chi connectivity index (χ4v) is 1.98. The van der Waals surface area contributed by atoms with E-state index in [4.69, 9.17) is 0 Å². The topological polar surface area (TPSA) is 90.8 Å². The van der Waals surface area contributed by atoms with Crippen molar-refractivity contribution < 1.29 is 22.7 Å². The van der Waals surface area contributed by atoms with E-state index < -0.39 is 17.3 Å². The van der Waals surface area contributed by atoms with Gasteiger partial charge in [-0.25, -0.2) is 4.73 Å². The molecule has 0 amide bonds. The van der Waals surface area contributed by atoms with Crippen molar-refractivity contribution in [2.24, 2.45) is 0 Å². The van der Waals surface area contributed by atoms with E-state index in [2.05, 4.69) is 15.7 Å². The lowest BCUT2D eigenvalue weighted by Crippen LogP contribution is -2.55. The largest absolute Gasteiger partial charge is 0.739 e. The number of hydrogen-bond acceptors (Lipinski definition) is 5. The molecule has 0 saturated carbocycles. The third-order valence-corrected chi connectivity index (χ3v) is 3.22. The van der Waals surface area contributed by atoms with E-state index in [9.17, 15) is 23.6 Å². The van der Waals surface area contributed by atoms with Crippen LogP contribution in [0.2, 0.25) is 0 Å². The molecule has 0 unspecified atom stereocenters. The molecule has 1 saturated heterocycles. The van der Waals surface area contributed by atoms with Gasteiger partial charge in [0.05, 0.1) is 11.6 Å². The SMILES string of the molecule is [O-][n+]1nc(NC2CNC2)[n+]([O-])c2ccc(C(F)(F)F)cc21. The highest BCUT2D eigenvalue weighted by Crippen LogP contribution is 2.30. The summed E-state index contributed by atoms with van der Waals surface area (Å²) in [6.45, 7) is 1.23. The summed E-state index contributed by atoms with van der Waals surface area (Å²) in [5.41, 5.74) is -1.62. The van der Waals surface area contributed by atoms with Crippen LogP contribution < -0.4 is 20.2 Å². The molecule has 1 fully saturated rings. The van der Waals surface area contributed by atoms with Gasteiger partial charge in [-0.2, -0.15) is 13.2 Å². The smallest absolute Gasteiger partial charge is 0.461 e. The number of rotatable bonds is 2. The van der Waals surface area contributed by atoms with Crippen molar-refractivity contribution >= 4 is 17.0 Å². The molecule has 1 aliphatic heterocycles. The van der Waals surface area contributed by atoms with Gasteiger partial charge < -0.3 is 15.7 Å². The minimum Gasteiger partial charge on any atom is -0.739 e. The molecule has 2 N–H and O–H groups in total. The third kappa shape index (κ3) is 2.37. The molecule has 3 rings (SSSR count). The third-order valence-electron chi connectivity index (χ3n) is 3.22. The van der Waals surface area contributed by atoms with Gasteiger partial charge in [-0.15, -0.1) is 0 Å². The zero-order chi connectivity index (χ0) is 15.2. The number of hydrogen-bond donors (Lipinski definition) is 2. The first-order valence-corrected chi connectivity index (χ1v) is 6.08. The predicted molar refractivity (Wildman–Crippen MR) is 64.9 cm³/mol. The lowest BCUT2D eigenvalue weighted by Gasteiger charge is -2.25.